The Labute approximate surface area is 120 Å². The Morgan fingerprint density at radius 1 is 0.900 bits per heavy atom. The maximum absolute atomic E-state index is 5.91. The number of hydrogen-bond donors (Lipinski definition) is 1. The fourth-order valence-corrected chi connectivity index (χ4v) is 2.05. The largest absolute Gasteiger partial charge is 0.490 e. The van der Waals surface area contributed by atoms with Gasteiger partial charge in [-0.2, -0.15) is 0 Å². The molecule has 1 N–H and O–H groups in total. The maximum Gasteiger partial charge on any atom is 0.161 e. The lowest BCUT2D eigenvalue weighted by atomic mass is 10.1. The lowest BCUT2D eigenvalue weighted by Crippen LogP contribution is -2.23. The van der Waals surface area contributed by atoms with E-state index in [1.54, 1.807) is 0 Å². The average Bonchev–Trinajstić information content (AvgIpc) is 2.51. The molecule has 3 heteroatoms. The van der Waals surface area contributed by atoms with Crippen molar-refractivity contribution in [2.24, 2.45) is 0 Å². The number of likely N-dealkylation sites (N-methyl/N-ethyl adjacent to an activating group) is 1. The van der Waals surface area contributed by atoms with Gasteiger partial charge in [0.15, 0.2) is 11.5 Å². The summed E-state index contributed by atoms with van der Waals surface area (Å²) in [7, 11) is 1.94. The molecular weight excluding hydrogens is 250 g/mol. The van der Waals surface area contributed by atoms with Crippen LogP contribution in [0.25, 0.3) is 0 Å². The summed E-state index contributed by atoms with van der Waals surface area (Å²) in [6.07, 6.45) is 0. The van der Waals surface area contributed by atoms with Gasteiger partial charge in [0.1, 0.15) is 6.61 Å². The van der Waals surface area contributed by atoms with E-state index in [1.165, 1.54) is 5.56 Å². The first-order valence-corrected chi connectivity index (χ1v) is 6.92. The van der Waals surface area contributed by atoms with Crippen LogP contribution >= 0.6 is 0 Å². The van der Waals surface area contributed by atoms with Crippen molar-refractivity contribution in [3.05, 3.63) is 60.2 Å². The van der Waals surface area contributed by atoms with Crippen molar-refractivity contribution in [3.8, 4) is 11.5 Å². The molecule has 0 fully saturated rings. The molecule has 20 heavy (non-hydrogen) atoms. The van der Waals surface area contributed by atoms with E-state index in [4.69, 9.17) is 9.47 Å². The summed E-state index contributed by atoms with van der Waals surface area (Å²) in [4.78, 5) is 0. The number of hydrogen-bond acceptors (Lipinski definition) is 3. The van der Waals surface area contributed by atoms with Crippen LogP contribution < -0.4 is 14.8 Å². The number of para-hydroxylation sites is 2. The lowest BCUT2D eigenvalue weighted by Gasteiger charge is -2.18. The van der Waals surface area contributed by atoms with Crippen LogP contribution in [0.1, 0.15) is 18.5 Å². The number of nitrogens with one attached hydrogen (secondary N) is 1. The fraction of sp³-hybridized carbons (Fsp3) is 0.294. The molecule has 3 nitrogen and oxygen atoms in total. The minimum Gasteiger partial charge on any atom is -0.490 e. The third kappa shape index (κ3) is 3.75. The fourth-order valence-electron chi connectivity index (χ4n) is 2.05. The normalized spacial score (nSPS) is 11.9. The van der Waals surface area contributed by atoms with Gasteiger partial charge < -0.3 is 14.8 Å². The molecule has 106 valence electrons. The molecule has 2 rings (SSSR count). The summed E-state index contributed by atoms with van der Waals surface area (Å²) in [5.74, 6) is 1.57. The molecule has 0 aliphatic rings. The molecule has 0 spiro atoms. The van der Waals surface area contributed by atoms with Gasteiger partial charge in [0.05, 0.1) is 12.6 Å². The predicted octanol–water partition coefficient (Wildman–Crippen LogP) is 3.42. The zero-order valence-corrected chi connectivity index (χ0v) is 12.0. The standard InChI is InChI=1S/C17H21NO2/c1-3-19-16-11-7-8-12-17(16)20-13-15(18-2)14-9-5-4-6-10-14/h4-12,15,18H,3,13H2,1-2H3. The van der Waals surface area contributed by atoms with Crippen LogP contribution in [-0.2, 0) is 0 Å². The minimum absolute atomic E-state index is 0.158. The van der Waals surface area contributed by atoms with Crippen LogP contribution in [0.4, 0.5) is 0 Å². The van der Waals surface area contributed by atoms with Crippen LogP contribution in [0.15, 0.2) is 54.6 Å². The van der Waals surface area contributed by atoms with E-state index in [1.807, 2.05) is 56.4 Å². The quantitative estimate of drug-likeness (QED) is 0.837. The third-order valence-corrected chi connectivity index (χ3v) is 3.10. The molecular formula is C17H21NO2. The van der Waals surface area contributed by atoms with Crippen LogP contribution in [0.5, 0.6) is 11.5 Å². The third-order valence-electron chi connectivity index (χ3n) is 3.10. The van der Waals surface area contributed by atoms with Crippen molar-refractivity contribution in [2.45, 2.75) is 13.0 Å². The Hall–Kier alpha value is -2.00. The molecule has 0 aliphatic heterocycles. The Kier molecular flexibility index (Phi) is 5.44. The van der Waals surface area contributed by atoms with Gasteiger partial charge in [0, 0.05) is 0 Å². The molecule has 1 atom stereocenters. The molecule has 0 aliphatic carbocycles. The smallest absolute Gasteiger partial charge is 0.161 e. The van der Waals surface area contributed by atoms with Gasteiger partial charge in [-0.25, -0.2) is 0 Å². The topological polar surface area (TPSA) is 30.5 Å². The average molecular weight is 271 g/mol. The molecule has 0 bridgehead atoms. The molecule has 0 radical (unpaired) electrons. The molecule has 2 aromatic carbocycles. The van der Waals surface area contributed by atoms with Crippen LogP contribution in [0.2, 0.25) is 0 Å². The number of benzene rings is 2. The maximum atomic E-state index is 5.91. The van der Waals surface area contributed by atoms with Gasteiger partial charge in [-0.3, -0.25) is 0 Å². The van der Waals surface area contributed by atoms with E-state index in [0.29, 0.717) is 13.2 Å². The van der Waals surface area contributed by atoms with Crippen molar-refractivity contribution >= 4 is 0 Å². The highest BCUT2D eigenvalue weighted by atomic mass is 16.5. The number of rotatable bonds is 7. The van der Waals surface area contributed by atoms with E-state index < -0.39 is 0 Å². The van der Waals surface area contributed by atoms with Crippen molar-refractivity contribution in [3.63, 3.8) is 0 Å². The monoisotopic (exact) mass is 271 g/mol. The summed E-state index contributed by atoms with van der Waals surface area (Å²) in [6.45, 7) is 3.16. The van der Waals surface area contributed by atoms with E-state index in [0.717, 1.165) is 11.5 Å². The van der Waals surface area contributed by atoms with Crippen molar-refractivity contribution in [2.75, 3.05) is 20.3 Å². The SMILES string of the molecule is CCOc1ccccc1OCC(NC)c1ccccc1. The van der Waals surface area contributed by atoms with Gasteiger partial charge in [0.25, 0.3) is 0 Å². The summed E-state index contributed by atoms with van der Waals surface area (Å²) in [5, 5.41) is 3.27. The van der Waals surface area contributed by atoms with Crippen molar-refractivity contribution in [1.29, 1.82) is 0 Å². The van der Waals surface area contributed by atoms with E-state index in [9.17, 15) is 0 Å². The van der Waals surface area contributed by atoms with E-state index in [2.05, 4.69) is 17.4 Å². The van der Waals surface area contributed by atoms with E-state index >= 15 is 0 Å². The molecule has 2 aromatic rings. The molecule has 0 aromatic heterocycles. The van der Waals surface area contributed by atoms with Gasteiger partial charge in [-0.1, -0.05) is 42.5 Å². The second kappa shape index (κ2) is 7.56. The van der Waals surface area contributed by atoms with Gasteiger partial charge in [0.2, 0.25) is 0 Å². The minimum atomic E-state index is 0.158. The van der Waals surface area contributed by atoms with Gasteiger partial charge >= 0.3 is 0 Å². The highest BCUT2D eigenvalue weighted by molar-refractivity contribution is 5.39. The first kappa shape index (κ1) is 14.4. The zero-order chi connectivity index (χ0) is 14.2. The lowest BCUT2D eigenvalue weighted by molar-refractivity contribution is 0.250. The zero-order valence-electron chi connectivity index (χ0n) is 12.0. The number of ether oxygens (including phenoxy) is 2. The predicted molar refractivity (Wildman–Crippen MR) is 81.3 cm³/mol. The highest BCUT2D eigenvalue weighted by Gasteiger charge is 2.11. The van der Waals surface area contributed by atoms with Crippen molar-refractivity contribution < 1.29 is 9.47 Å². The molecule has 0 amide bonds. The Morgan fingerprint density at radius 3 is 2.10 bits per heavy atom. The Bertz CT molecular complexity index is 513. The molecule has 0 heterocycles. The second-order valence-electron chi connectivity index (χ2n) is 4.44. The van der Waals surface area contributed by atoms with Crippen LogP contribution in [0.3, 0.4) is 0 Å². The van der Waals surface area contributed by atoms with Crippen LogP contribution in [-0.4, -0.2) is 20.3 Å². The summed E-state index contributed by atoms with van der Waals surface area (Å²) < 4.78 is 11.5. The molecule has 0 saturated heterocycles. The van der Waals surface area contributed by atoms with Crippen LogP contribution in [0, 0.1) is 0 Å². The van der Waals surface area contributed by atoms with Gasteiger partial charge in [-0.05, 0) is 31.7 Å². The Balaban J connectivity index is 2.04. The highest BCUT2D eigenvalue weighted by Crippen LogP contribution is 2.27. The summed E-state index contributed by atoms with van der Waals surface area (Å²) in [6, 6.07) is 18.2. The van der Waals surface area contributed by atoms with Gasteiger partial charge in [-0.15, -0.1) is 0 Å². The Morgan fingerprint density at radius 2 is 1.50 bits per heavy atom. The second-order valence-corrected chi connectivity index (χ2v) is 4.44. The summed E-state index contributed by atoms with van der Waals surface area (Å²) in [5.41, 5.74) is 1.21. The summed E-state index contributed by atoms with van der Waals surface area (Å²) >= 11 is 0. The first-order valence-electron chi connectivity index (χ1n) is 6.92. The molecule has 1 unspecified atom stereocenters. The van der Waals surface area contributed by atoms with Crippen molar-refractivity contribution in [1.82, 2.24) is 5.32 Å². The first-order chi connectivity index (χ1) is 9.85. The van der Waals surface area contributed by atoms with E-state index in [-0.39, 0.29) is 6.04 Å². The molecule has 0 saturated carbocycles.